The molecule has 0 fully saturated rings. The number of nitrogens with zero attached hydrogens (tertiary/aromatic N) is 3. The first kappa shape index (κ1) is 9.23. The Hall–Kier alpha value is -0.860. The van der Waals surface area contributed by atoms with Crippen LogP contribution < -0.4 is 0 Å². The van der Waals surface area contributed by atoms with Crippen LogP contribution in [-0.2, 0) is 6.54 Å². The van der Waals surface area contributed by atoms with Gasteiger partial charge in [0.15, 0.2) is 0 Å². The fraction of sp³-hybridized carbons (Fsp3) is 0.778. The van der Waals surface area contributed by atoms with Gasteiger partial charge in [0.1, 0.15) is 12.7 Å². The van der Waals surface area contributed by atoms with Crippen LogP contribution in [0.2, 0.25) is 0 Å². The summed E-state index contributed by atoms with van der Waals surface area (Å²) in [5.74, 6) is 0. The Kier molecular flexibility index (Phi) is 2.84. The van der Waals surface area contributed by atoms with E-state index in [-0.39, 0.29) is 0 Å². The molecule has 1 aromatic rings. The Balaban J connectivity index is 2.50. The van der Waals surface area contributed by atoms with E-state index in [1.807, 2.05) is 4.68 Å². The molecule has 0 aliphatic heterocycles. The predicted octanol–water partition coefficient (Wildman–Crippen LogP) is 2.10. The van der Waals surface area contributed by atoms with Gasteiger partial charge < -0.3 is 0 Å². The van der Waals surface area contributed by atoms with Gasteiger partial charge in [-0.25, -0.2) is 4.98 Å². The number of rotatable bonds is 4. The van der Waals surface area contributed by atoms with Crippen LogP contribution in [0, 0.1) is 5.41 Å². The summed E-state index contributed by atoms with van der Waals surface area (Å²) in [6.45, 7) is 7.69. The molecule has 0 N–H and O–H groups in total. The minimum atomic E-state index is 0.336. The van der Waals surface area contributed by atoms with Crippen LogP contribution in [-0.4, -0.2) is 14.8 Å². The van der Waals surface area contributed by atoms with Crippen LogP contribution in [0.3, 0.4) is 0 Å². The van der Waals surface area contributed by atoms with E-state index in [9.17, 15) is 0 Å². The van der Waals surface area contributed by atoms with Crippen LogP contribution in [0.15, 0.2) is 12.7 Å². The first-order valence-corrected chi connectivity index (χ1v) is 4.46. The summed E-state index contributed by atoms with van der Waals surface area (Å²) < 4.78 is 1.90. The molecular formula is C9H17N3. The van der Waals surface area contributed by atoms with E-state index in [4.69, 9.17) is 0 Å². The lowest BCUT2D eigenvalue weighted by Crippen LogP contribution is -2.19. The van der Waals surface area contributed by atoms with Gasteiger partial charge >= 0.3 is 0 Å². The standard InChI is InChI=1S/C9H17N3/c1-4-5-9(2,3)6-12-8-10-7-11-12/h7-8H,4-6H2,1-3H3. The monoisotopic (exact) mass is 167 g/mol. The van der Waals surface area contributed by atoms with Crippen LogP contribution in [0.1, 0.15) is 33.6 Å². The molecule has 0 unspecified atom stereocenters. The largest absolute Gasteiger partial charge is 0.252 e. The van der Waals surface area contributed by atoms with Gasteiger partial charge in [-0.3, -0.25) is 4.68 Å². The highest BCUT2D eigenvalue weighted by molar-refractivity contribution is 4.69. The zero-order chi connectivity index (χ0) is 9.03. The molecule has 0 radical (unpaired) electrons. The van der Waals surface area contributed by atoms with Crippen molar-refractivity contribution in [3.05, 3.63) is 12.7 Å². The summed E-state index contributed by atoms with van der Waals surface area (Å²) in [4.78, 5) is 3.92. The number of hydrogen-bond donors (Lipinski definition) is 0. The predicted molar refractivity (Wildman–Crippen MR) is 48.7 cm³/mol. The lowest BCUT2D eigenvalue weighted by molar-refractivity contribution is 0.266. The van der Waals surface area contributed by atoms with Crippen LogP contribution >= 0.6 is 0 Å². The van der Waals surface area contributed by atoms with Crippen molar-refractivity contribution < 1.29 is 0 Å². The second-order valence-corrected chi connectivity index (χ2v) is 4.01. The topological polar surface area (TPSA) is 30.7 Å². The van der Waals surface area contributed by atoms with Gasteiger partial charge in [0.05, 0.1) is 0 Å². The molecule has 1 rings (SSSR count). The zero-order valence-electron chi connectivity index (χ0n) is 8.12. The van der Waals surface area contributed by atoms with E-state index >= 15 is 0 Å². The molecule has 0 amide bonds. The molecule has 0 aliphatic rings. The lowest BCUT2D eigenvalue weighted by Gasteiger charge is -2.23. The second-order valence-electron chi connectivity index (χ2n) is 4.01. The molecule has 1 aromatic heterocycles. The van der Waals surface area contributed by atoms with Crippen molar-refractivity contribution in [2.75, 3.05) is 0 Å². The van der Waals surface area contributed by atoms with Crippen LogP contribution in [0.5, 0.6) is 0 Å². The van der Waals surface area contributed by atoms with Gasteiger partial charge in [0.2, 0.25) is 0 Å². The molecule has 12 heavy (non-hydrogen) atoms. The maximum Gasteiger partial charge on any atom is 0.137 e. The van der Waals surface area contributed by atoms with E-state index in [1.165, 1.54) is 12.8 Å². The quantitative estimate of drug-likeness (QED) is 0.687. The summed E-state index contributed by atoms with van der Waals surface area (Å²) in [6.07, 6.45) is 5.81. The minimum Gasteiger partial charge on any atom is -0.252 e. The molecule has 3 heteroatoms. The Morgan fingerprint density at radius 2 is 2.17 bits per heavy atom. The first-order chi connectivity index (χ1) is 5.64. The van der Waals surface area contributed by atoms with Crippen molar-refractivity contribution in [1.82, 2.24) is 14.8 Å². The van der Waals surface area contributed by atoms with E-state index in [1.54, 1.807) is 12.7 Å². The third-order valence-corrected chi connectivity index (χ3v) is 1.98. The molecule has 0 aliphatic carbocycles. The average Bonchev–Trinajstić information content (AvgIpc) is 2.38. The normalized spacial score (nSPS) is 11.9. The van der Waals surface area contributed by atoms with Gasteiger partial charge in [-0.05, 0) is 11.8 Å². The molecule has 0 spiro atoms. The van der Waals surface area contributed by atoms with Gasteiger partial charge in [-0.2, -0.15) is 5.10 Å². The molecule has 0 bridgehead atoms. The van der Waals surface area contributed by atoms with Gasteiger partial charge in [-0.1, -0.05) is 27.2 Å². The minimum absolute atomic E-state index is 0.336. The Bertz CT molecular complexity index is 214. The van der Waals surface area contributed by atoms with Crippen molar-refractivity contribution in [3.8, 4) is 0 Å². The fourth-order valence-electron chi connectivity index (χ4n) is 1.51. The fourth-order valence-corrected chi connectivity index (χ4v) is 1.51. The highest BCUT2D eigenvalue weighted by Crippen LogP contribution is 2.23. The Labute approximate surface area is 73.8 Å². The lowest BCUT2D eigenvalue weighted by atomic mass is 9.88. The van der Waals surface area contributed by atoms with Crippen LogP contribution in [0.25, 0.3) is 0 Å². The van der Waals surface area contributed by atoms with E-state index in [2.05, 4.69) is 30.9 Å². The summed E-state index contributed by atoms with van der Waals surface area (Å²) in [6, 6.07) is 0. The first-order valence-electron chi connectivity index (χ1n) is 4.46. The van der Waals surface area contributed by atoms with Crippen molar-refractivity contribution in [2.24, 2.45) is 5.41 Å². The highest BCUT2D eigenvalue weighted by atomic mass is 15.3. The van der Waals surface area contributed by atoms with E-state index in [0.717, 1.165) is 6.54 Å². The smallest absolute Gasteiger partial charge is 0.137 e. The molecule has 68 valence electrons. The summed E-state index contributed by atoms with van der Waals surface area (Å²) in [5, 5.41) is 4.09. The second kappa shape index (κ2) is 3.70. The molecule has 0 aromatic carbocycles. The maximum atomic E-state index is 4.09. The van der Waals surface area contributed by atoms with Crippen molar-refractivity contribution in [2.45, 2.75) is 40.2 Å². The summed E-state index contributed by atoms with van der Waals surface area (Å²) in [7, 11) is 0. The van der Waals surface area contributed by atoms with Crippen LogP contribution in [0.4, 0.5) is 0 Å². The average molecular weight is 167 g/mol. The molecular weight excluding hydrogens is 150 g/mol. The Morgan fingerprint density at radius 1 is 1.42 bits per heavy atom. The number of hydrogen-bond acceptors (Lipinski definition) is 2. The van der Waals surface area contributed by atoms with Gasteiger partial charge in [0.25, 0.3) is 0 Å². The SMILES string of the molecule is CCCC(C)(C)Cn1cncn1. The summed E-state index contributed by atoms with van der Waals surface area (Å²) in [5.41, 5.74) is 0.336. The van der Waals surface area contributed by atoms with Crippen molar-refractivity contribution >= 4 is 0 Å². The summed E-state index contributed by atoms with van der Waals surface area (Å²) >= 11 is 0. The number of aromatic nitrogens is 3. The van der Waals surface area contributed by atoms with Crippen molar-refractivity contribution in [1.29, 1.82) is 0 Å². The van der Waals surface area contributed by atoms with E-state index < -0.39 is 0 Å². The molecule has 1 heterocycles. The third kappa shape index (κ3) is 2.64. The highest BCUT2D eigenvalue weighted by Gasteiger charge is 2.17. The third-order valence-electron chi connectivity index (χ3n) is 1.98. The zero-order valence-corrected chi connectivity index (χ0v) is 8.12. The molecule has 0 saturated heterocycles. The Morgan fingerprint density at radius 3 is 2.67 bits per heavy atom. The molecule has 0 saturated carbocycles. The molecule has 3 nitrogen and oxygen atoms in total. The molecule has 0 atom stereocenters. The van der Waals surface area contributed by atoms with Crippen molar-refractivity contribution in [3.63, 3.8) is 0 Å². The van der Waals surface area contributed by atoms with Gasteiger partial charge in [-0.15, -0.1) is 0 Å². The van der Waals surface area contributed by atoms with Gasteiger partial charge in [0, 0.05) is 6.54 Å². The van der Waals surface area contributed by atoms with E-state index in [0.29, 0.717) is 5.41 Å². The maximum absolute atomic E-state index is 4.09.